The van der Waals surface area contributed by atoms with Crippen LogP contribution in [0.25, 0.3) is 0 Å². The van der Waals surface area contributed by atoms with Crippen LogP contribution < -0.4 is 0 Å². The fourth-order valence-electron chi connectivity index (χ4n) is 2.06. The lowest BCUT2D eigenvalue weighted by Crippen LogP contribution is -2.05. The van der Waals surface area contributed by atoms with Crippen LogP contribution in [0.2, 0.25) is 5.15 Å². The van der Waals surface area contributed by atoms with Crippen molar-refractivity contribution in [2.45, 2.75) is 38.0 Å². The summed E-state index contributed by atoms with van der Waals surface area (Å²) in [6.45, 7) is 0. The van der Waals surface area contributed by atoms with Gasteiger partial charge >= 0.3 is 0 Å². The molecule has 1 aliphatic rings. The van der Waals surface area contributed by atoms with Gasteiger partial charge in [0.2, 0.25) is 0 Å². The summed E-state index contributed by atoms with van der Waals surface area (Å²) < 4.78 is 1.76. The molecule has 1 saturated carbocycles. The molecule has 72 valence electrons. The first-order chi connectivity index (χ1) is 6.27. The van der Waals surface area contributed by atoms with Gasteiger partial charge in [-0.05, 0) is 18.9 Å². The van der Waals surface area contributed by atoms with E-state index >= 15 is 0 Å². The highest BCUT2D eigenvalue weighted by Gasteiger charge is 2.18. The van der Waals surface area contributed by atoms with E-state index in [1.807, 2.05) is 13.1 Å². The second-order valence-electron chi connectivity index (χ2n) is 3.85. The molecule has 1 fully saturated rings. The fraction of sp³-hybridized carbons (Fsp3) is 0.700. The van der Waals surface area contributed by atoms with Crippen LogP contribution in [-0.2, 0) is 7.05 Å². The van der Waals surface area contributed by atoms with E-state index in [9.17, 15) is 0 Å². The Balaban J connectivity index is 2.14. The minimum absolute atomic E-state index is 0.660. The first-order valence-electron chi connectivity index (χ1n) is 4.97. The SMILES string of the molecule is Cn1nc(C2CCCCC2)cc1Cl. The van der Waals surface area contributed by atoms with Gasteiger partial charge in [0, 0.05) is 13.0 Å². The van der Waals surface area contributed by atoms with Crippen molar-refractivity contribution in [3.8, 4) is 0 Å². The summed E-state index contributed by atoms with van der Waals surface area (Å²) in [6.07, 6.45) is 6.65. The number of nitrogens with zero attached hydrogens (tertiary/aromatic N) is 2. The summed E-state index contributed by atoms with van der Waals surface area (Å²) >= 11 is 5.95. The monoisotopic (exact) mass is 198 g/mol. The lowest BCUT2D eigenvalue weighted by atomic mass is 9.87. The summed E-state index contributed by atoms with van der Waals surface area (Å²) in [4.78, 5) is 0. The zero-order valence-electron chi connectivity index (χ0n) is 7.96. The molecule has 0 N–H and O–H groups in total. The molecule has 0 radical (unpaired) electrons. The van der Waals surface area contributed by atoms with Crippen molar-refractivity contribution in [2.24, 2.45) is 7.05 Å². The van der Waals surface area contributed by atoms with Gasteiger partial charge in [0.1, 0.15) is 5.15 Å². The number of halogens is 1. The van der Waals surface area contributed by atoms with Crippen molar-refractivity contribution < 1.29 is 0 Å². The number of rotatable bonds is 1. The Morgan fingerprint density at radius 3 is 2.62 bits per heavy atom. The van der Waals surface area contributed by atoms with Crippen molar-refractivity contribution >= 4 is 11.6 Å². The third-order valence-corrected chi connectivity index (χ3v) is 3.22. The van der Waals surface area contributed by atoms with E-state index in [-0.39, 0.29) is 0 Å². The van der Waals surface area contributed by atoms with Crippen LogP contribution in [0, 0.1) is 0 Å². The van der Waals surface area contributed by atoms with Crippen LogP contribution >= 0.6 is 11.6 Å². The Kier molecular flexibility index (Phi) is 2.58. The molecule has 2 rings (SSSR count). The maximum atomic E-state index is 5.95. The van der Waals surface area contributed by atoms with Gasteiger partial charge in [-0.25, -0.2) is 0 Å². The van der Waals surface area contributed by atoms with E-state index in [1.165, 1.54) is 37.8 Å². The molecular weight excluding hydrogens is 184 g/mol. The average Bonchev–Trinajstić information content (AvgIpc) is 2.49. The third-order valence-electron chi connectivity index (χ3n) is 2.87. The Labute approximate surface area is 83.9 Å². The van der Waals surface area contributed by atoms with Crippen LogP contribution in [0.3, 0.4) is 0 Å². The lowest BCUT2D eigenvalue weighted by molar-refractivity contribution is 0.433. The average molecular weight is 199 g/mol. The molecule has 13 heavy (non-hydrogen) atoms. The first-order valence-corrected chi connectivity index (χ1v) is 5.34. The van der Waals surface area contributed by atoms with Gasteiger partial charge in [-0.15, -0.1) is 0 Å². The van der Waals surface area contributed by atoms with Gasteiger partial charge in [-0.3, -0.25) is 4.68 Å². The zero-order chi connectivity index (χ0) is 9.26. The molecule has 0 aromatic carbocycles. The summed E-state index contributed by atoms with van der Waals surface area (Å²) in [5, 5.41) is 5.17. The predicted molar refractivity (Wildman–Crippen MR) is 54.0 cm³/mol. The summed E-state index contributed by atoms with van der Waals surface area (Å²) in [7, 11) is 1.90. The fourth-order valence-corrected chi connectivity index (χ4v) is 2.21. The van der Waals surface area contributed by atoms with Crippen molar-refractivity contribution in [2.75, 3.05) is 0 Å². The molecule has 1 heterocycles. The van der Waals surface area contributed by atoms with E-state index in [4.69, 9.17) is 11.6 Å². The molecular formula is C10H15ClN2. The molecule has 0 amide bonds. The van der Waals surface area contributed by atoms with Gasteiger partial charge in [0.15, 0.2) is 0 Å². The van der Waals surface area contributed by atoms with E-state index in [0.29, 0.717) is 5.92 Å². The van der Waals surface area contributed by atoms with E-state index in [0.717, 1.165) is 5.15 Å². The quantitative estimate of drug-likeness (QED) is 0.678. The van der Waals surface area contributed by atoms with Crippen LogP contribution in [0.1, 0.15) is 43.7 Å². The third kappa shape index (κ3) is 1.88. The normalized spacial score (nSPS) is 19.2. The molecule has 0 aliphatic heterocycles. The molecule has 0 spiro atoms. The maximum absolute atomic E-state index is 5.95. The van der Waals surface area contributed by atoms with Crippen LogP contribution in [-0.4, -0.2) is 9.78 Å². The Morgan fingerprint density at radius 1 is 1.38 bits per heavy atom. The molecule has 1 aromatic heterocycles. The minimum atomic E-state index is 0.660. The number of hydrogen-bond acceptors (Lipinski definition) is 1. The minimum Gasteiger partial charge on any atom is -0.257 e. The molecule has 3 heteroatoms. The van der Waals surface area contributed by atoms with E-state index in [2.05, 4.69) is 5.10 Å². The van der Waals surface area contributed by atoms with Crippen molar-refractivity contribution in [1.29, 1.82) is 0 Å². The molecule has 0 bridgehead atoms. The Bertz CT molecular complexity index is 268. The van der Waals surface area contributed by atoms with Crippen molar-refractivity contribution in [3.63, 3.8) is 0 Å². The van der Waals surface area contributed by atoms with Gasteiger partial charge < -0.3 is 0 Å². The highest BCUT2D eigenvalue weighted by molar-refractivity contribution is 6.29. The van der Waals surface area contributed by atoms with Gasteiger partial charge in [-0.1, -0.05) is 30.9 Å². The standard InChI is InChI=1S/C10H15ClN2/c1-13-10(11)7-9(12-13)8-5-3-2-4-6-8/h7-8H,2-6H2,1H3. The van der Waals surface area contributed by atoms with E-state index < -0.39 is 0 Å². The summed E-state index contributed by atoms with van der Waals surface area (Å²) in [6, 6.07) is 2.01. The topological polar surface area (TPSA) is 17.8 Å². The molecule has 1 aromatic rings. The van der Waals surface area contributed by atoms with Crippen molar-refractivity contribution in [3.05, 3.63) is 16.9 Å². The molecule has 0 atom stereocenters. The van der Waals surface area contributed by atoms with Gasteiger partial charge in [0.05, 0.1) is 5.69 Å². The molecule has 0 saturated heterocycles. The first kappa shape index (κ1) is 9.07. The number of aryl methyl sites for hydroxylation is 1. The van der Waals surface area contributed by atoms with Crippen molar-refractivity contribution in [1.82, 2.24) is 9.78 Å². The second kappa shape index (κ2) is 3.70. The lowest BCUT2D eigenvalue weighted by Gasteiger charge is -2.19. The van der Waals surface area contributed by atoms with Gasteiger partial charge in [0.25, 0.3) is 0 Å². The molecule has 2 nitrogen and oxygen atoms in total. The smallest absolute Gasteiger partial charge is 0.126 e. The van der Waals surface area contributed by atoms with Gasteiger partial charge in [-0.2, -0.15) is 5.10 Å². The highest BCUT2D eigenvalue weighted by atomic mass is 35.5. The highest BCUT2D eigenvalue weighted by Crippen LogP contribution is 2.32. The number of hydrogen-bond donors (Lipinski definition) is 0. The Hall–Kier alpha value is -0.500. The zero-order valence-corrected chi connectivity index (χ0v) is 8.72. The second-order valence-corrected chi connectivity index (χ2v) is 4.24. The summed E-state index contributed by atoms with van der Waals surface area (Å²) in [5.41, 5.74) is 1.19. The number of aromatic nitrogens is 2. The summed E-state index contributed by atoms with van der Waals surface area (Å²) in [5.74, 6) is 0.660. The van der Waals surface area contributed by atoms with Crippen LogP contribution in [0.15, 0.2) is 6.07 Å². The Morgan fingerprint density at radius 2 is 2.08 bits per heavy atom. The maximum Gasteiger partial charge on any atom is 0.126 e. The molecule has 1 aliphatic carbocycles. The van der Waals surface area contributed by atoms with E-state index in [1.54, 1.807) is 4.68 Å². The molecule has 0 unspecified atom stereocenters. The van der Waals surface area contributed by atoms with Crippen LogP contribution in [0.5, 0.6) is 0 Å². The van der Waals surface area contributed by atoms with Crippen LogP contribution in [0.4, 0.5) is 0 Å². The largest absolute Gasteiger partial charge is 0.257 e. The predicted octanol–water partition coefficient (Wildman–Crippen LogP) is 3.12.